The van der Waals surface area contributed by atoms with Gasteiger partial charge in [-0.05, 0) is 30.7 Å². The molecular formula is C20H20F4N2O3. The number of Topliss-reactive ketones (excluding diaryl/α,β-unsaturated/α-hetero) is 1. The molecule has 0 aliphatic carbocycles. The summed E-state index contributed by atoms with van der Waals surface area (Å²) in [5.41, 5.74) is -1.00. The van der Waals surface area contributed by atoms with Crippen molar-refractivity contribution in [2.75, 3.05) is 11.9 Å². The van der Waals surface area contributed by atoms with Gasteiger partial charge in [0, 0.05) is 30.2 Å². The zero-order chi connectivity index (χ0) is 21.6. The van der Waals surface area contributed by atoms with Gasteiger partial charge in [0.05, 0.1) is 12.2 Å². The van der Waals surface area contributed by atoms with Gasteiger partial charge in [-0.2, -0.15) is 13.2 Å². The van der Waals surface area contributed by atoms with Gasteiger partial charge in [0.2, 0.25) is 5.91 Å². The fourth-order valence-electron chi connectivity index (χ4n) is 2.33. The lowest BCUT2D eigenvalue weighted by atomic mass is 10.1. The third kappa shape index (κ3) is 6.55. The SMILES string of the molecule is CC(C)C(=O)Nc1cc(C(=O)CCCOc2ccc(C(F)(F)F)c(F)c2)ccn1. The molecule has 1 N–H and O–H groups in total. The molecule has 0 fully saturated rings. The molecule has 1 amide bonds. The van der Waals surface area contributed by atoms with Crippen molar-refractivity contribution >= 4 is 17.5 Å². The molecule has 0 saturated heterocycles. The van der Waals surface area contributed by atoms with E-state index in [4.69, 9.17) is 4.74 Å². The van der Waals surface area contributed by atoms with Gasteiger partial charge < -0.3 is 10.1 Å². The van der Waals surface area contributed by atoms with Crippen molar-refractivity contribution in [1.82, 2.24) is 4.98 Å². The van der Waals surface area contributed by atoms with Gasteiger partial charge in [0.25, 0.3) is 0 Å². The minimum Gasteiger partial charge on any atom is -0.493 e. The molecule has 29 heavy (non-hydrogen) atoms. The van der Waals surface area contributed by atoms with Gasteiger partial charge in [-0.1, -0.05) is 13.8 Å². The number of halogens is 4. The summed E-state index contributed by atoms with van der Waals surface area (Å²) in [4.78, 5) is 27.9. The van der Waals surface area contributed by atoms with Gasteiger partial charge >= 0.3 is 6.18 Å². The highest BCUT2D eigenvalue weighted by Crippen LogP contribution is 2.32. The molecule has 156 valence electrons. The number of pyridine rings is 1. The summed E-state index contributed by atoms with van der Waals surface area (Å²) >= 11 is 0. The van der Waals surface area contributed by atoms with Crippen molar-refractivity contribution in [1.29, 1.82) is 0 Å². The van der Waals surface area contributed by atoms with Crippen molar-refractivity contribution in [3.8, 4) is 5.75 Å². The second-order valence-electron chi connectivity index (χ2n) is 6.59. The Balaban J connectivity index is 1.86. The lowest BCUT2D eigenvalue weighted by Gasteiger charge is -2.10. The zero-order valence-corrected chi connectivity index (χ0v) is 15.8. The zero-order valence-electron chi connectivity index (χ0n) is 15.8. The average molecular weight is 412 g/mol. The molecule has 9 heteroatoms. The topological polar surface area (TPSA) is 68.3 Å². The normalized spacial score (nSPS) is 11.4. The van der Waals surface area contributed by atoms with Crippen LogP contribution in [0.25, 0.3) is 0 Å². The van der Waals surface area contributed by atoms with Crippen LogP contribution in [0.1, 0.15) is 42.6 Å². The monoisotopic (exact) mass is 412 g/mol. The molecule has 0 aliphatic rings. The molecule has 2 rings (SSSR count). The number of hydrogen-bond donors (Lipinski definition) is 1. The number of nitrogens with one attached hydrogen (secondary N) is 1. The molecule has 0 bridgehead atoms. The lowest BCUT2D eigenvalue weighted by molar-refractivity contribution is -0.140. The molecule has 1 aromatic carbocycles. The van der Waals surface area contributed by atoms with E-state index in [1.807, 2.05) is 0 Å². The predicted octanol–water partition coefficient (Wildman–Crippen LogP) is 4.88. The number of ketones is 1. The number of alkyl halides is 3. The number of hydrogen-bond acceptors (Lipinski definition) is 4. The Morgan fingerprint density at radius 1 is 1.17 bits per heavy atom. The number of ether oxygens (including phenoxy) is 1. The largest absolute Gasteiger partial charge is 0.493 e. The summed E-state index contributed by atoms with van der Waals surface area (Å²) in [5.74, 6) is -1.87. The fourth-order valence-corrected chi connectivity index (χ4v) is 2.33. The lowest BCUT2D eigenvalue weighted by Crippen LogP contribution is -2.18. The van der Waals surface area contributed by atoms with Gasteiger partial charge in [0.1, 0.15) is 17.4 Å². The predicted molar refractivity (Wildman–Crippen MR) is 98.2 cm³/mol. The van der Waals surface area contributed by atoms with Crippen LogP contribution in [0.4, 0.5) is 23.4 Å². The Labute approximate surface area is 165 Å². The number of carbonyl (C=O) groups excluding carboxylic acids is 2. The number of anilines is 1. The molecule has 0 spiro atoms. The van der Waals surface area contributed by atoms with E-state index in [0.29, 0.717) is 17.7 Å². The summed E-state index contributed by atoms with van der Waals surface area (Å²) in [5, 5.41) is 2.60. The molecule has 0 radical (unpaired) electrons. The third-order valence-electron chi connectivity index (χ3n) is 3.92. The van der Waals surface area contributed by atoms with Crippen LogP contribution in [0.15, 0.2) is 36.5 Å². The standard InChI is InChI=1S/C20H20F4N2O3/c1-12(2)19(28)26-18-10-13(7-8-25-18)17(27)4-3-9-29-14-5-6-15(16(21)11-14)20(22,23)24/h5-8,10-12H,3-4,9H2,1-2H3,(H,25,26,28). The fraction of sp³-hybridized carbons (Fsp3) is 0.350. The number of rotatable bonds is 8. The number of aromatic nitrogens is 1. The van der Waals surface area contributed by atoms with E-state index in [1.54, 1.807) is 13.8 Å². The van der Waals surface area contributed by atoms with Crippen LogP contribution >= 0.6 is 0 Å². The van der Waals surface area contributed by atoms with E-state index in [2.05, 4.69) is 10.3 Å². The number of benzene rings is 1. The van der Waals surface area contributed by atoms with E-state index in [9.17, 15) is 27.2 Å². The Kier molecular flexibility index (Phi) is 7.30. The minimum atomic E-state index is -4.77. The molecule has 0 atom stereocenters. The van der Waals surface area contributed by atoms with Crippen molar-refractivity contribution in [2.24, 2.45) is 5.92 Å². The summed E-state index contributed by atoms with van der Waals surface area (Å²) in [6, 6.07) is 5.28. The van der Waals surface area contributed by atoms with Crippen LogP contribution in [0.3, 0.4) is 0 Å². The van der Waals surface area contributed by atoms with Crippen LogP contribution in [0, 0.1) is 11.7 Å². The van der Waals surface area contributed by atoms with E-state index < -0.39 is 17.6 Å². The van der Waals surface area contributed by atoms with Gasteiger partial charge in [-0.3, -0.25) is 9.59 Å². The summed E-state index contributed by atoms with van der Waals surface area (Å²) < 4.78 is 56.3. The van der Waals surface area contributed by atoms with E-state index in [1.165, 1.54) is 18.3 Å². The molecule has 5 nitrogen and oxygen atoms in total. The molecule has 2 aromatic rings. The summed E-state index contributed by atoms with van der Waals surface area (Å²) in [6.07, 6.45) is -2.99. The molecule has 1 aromatic heterocycles. The molecule has 0 unspecified atom stereocenters. The smallest absolute Gasteiger partial charge is 0.419 e. The van der Waals surface area contributed by atoms with Gasteiger partial charge in [0.15, 0.2) is 5.78 Å². The number of nitrogens with zero attached hydrogens (tertiary/aromatic N) is 1. The maximum Gasteiger partial charge on any atom is 0.419 e. The summed E-state index contributed by atoms with van der Waals surface area (Å²) in [7, 11) is 0. The van der Waals surface area contributed by atoms with Gasteiger partial charge in [-0.15, -0.1) is 0 Å². The average Bonchev–Trinajstić information content (AvgIpc) is 2.64. The van der Waals surface area contributed by atoms with Crippen molar-refractivity contribution in [3.63, 3.8) is 0 Å². The third-order valence-corrected chi connectivity index (χ3v) is 3.92. The maximum atomic E-state index is 13.5. The van der Waals surface area contributed by atoms with E-state index in [0.717, 1.165) is 6.07 Å². The summed E-state index contributed by atoms with van der Waals surface area (Å²) in [6.45, 7) is 3.48. The van der Waals surface area contributed by atoms with Crippen LogP contribution < -0.4 is 10.1 Å². The number of amides is 1. The van der Waals surface area contributed by atoms with Crippen molar-refractivity contribution < 1.29 is 31.9 Å². The Morgan fingerprint density at radius 2 is 1.90 bits per heavy atom. The molecular weight excluding hydrogens is 392 g/mol. The van der Waals surface area contributed by atoms with Crippen LogP contribution in [-0.2, 0) is 11.0 Å². The highest BCUT2D eigenvalue weighted by Gasteiger charge is 2.34. The molecule has 1 heterocycles. The first-order chi connectivity index (χ1) is 13.6. The second-order valence-corrected chi connectivity index (χ2v) is 6.59. The highest BCUT2D eigenvalue weighted by molar-refractivity contribution is 5.98. The number of carbonyl (C=O) groups is 2. The Hall–Kier alpha value is -2.97. The maximum absolute atomic E-state index is 13.5. The quantitative estimate of drug-likeness (QED) is 0.381. The molecule has 0 aliphatic heterocycles. The minimum absolute atomic E-state index is 0.0264. The van der Waals surface area contributed by atoms with E-state index in [-0.39, 0.29) is 48.6 Å². The Morgan fingerprint density at radius 3 is 2.52 bits per heavy atom. The first kappa shape index (κ1) is 22.3. The van der Waals surface area contributed by atoms with Gasteiger partial charge in [-0.25, -0.2) is 9.37 Å². The Bertz CT molecular complexity index is 882. The van der Waals surface area contributed by atoms with Crippen molar-refractivity contribution in [2.45, 2.75) is 32.9 Å². The van der Waals surface area contributed by atoms with Crippen LogP contribution in [-0.4, -0.2) is 23.3 Å². The highest BCUT2D eigenvalue weighted by atomic mass is 19.4. The first-order valence-electron chi connectivity index (χ1n) is 8.87. The van der Waals surface area contributed by atoms with Crippen LogP contribution in [0.5, 0.6) is 5.75 Å². The first-order valence-corrected chi connectivity index (χ1v) is 8.87. The second kappa shape index (κ2) is 9.49. The molecule has 0 saturated carbocycles. The van der Waals surface area contributed by atoms with Crippen LogP contribution in [0.2, 0.25) is 0 Å². The van der Waals surface area contributed by atoms with E-state index >= 15 is 0 Å². The van der Waals surface area contributed by atoms with Crippen molar-refractivity contribution in [3.05, 3.63) is 53.5 Å².